The minimum absolute atomic E-state index is 0.123. The highest BCUT2D eigenvalue weighted by Gasteiger charge is 2.38. The fourth-order valence-electron chi connectivity index (χ4n) is 2.13. The molecule has 0 radical (unpaired) electrons. The van der Waals surface area contributed by atoms with Crippen molar-refractivity contribution >= 4 is 17.9 Å². The van der Waals surface area contributed by atoms with Crippen LogP contribution >= 0.6 is 0 Å². The third kappa shape index (κ3) is 4.73. The largest absolute Gasteiger partial charge is 0.465 e. The number of ether oxygens (including phenoxy) is 3. The average Bonchev–Trinajstić information content (AvgIpc) is 2.55. The van der Waals surface area contributed by atoms with Crippen molar-refractivity contribution in [2.45, 2.75) is 45.8 Å². The molecule has 6 nitrogen and oxygen atoms in total. The van der Waals surface area contributed by atoms with E-state index in [1.807, 2.05) is 0 Å². The van der Waals surface area contributed by atoms with Crippen molar-refractivity contribution in [3.05, 3.63) is 0 Å². The molecule has 1 unspecified atom stereocenters. The van der Waals surface area contributed by atoms with Crippen molar-refractivity contribution in [3.8, 4) is 0 Å². The van der Waals surface area contributed by atoms with E-state index in [9.17, 15) is 14.4 Å². The van der Waals surface area contributed by atoms with E-state index in [0.717, 1.165) is 0 Å². The Morgan fingerprint density at radius 2 is 1.56 bits per heavy atom. The second-order valence-corrected chi connectivity index (χ2v) is 4.41. The molecule has 0 aliphatic heterocycles. The van der Waals surface area contributed by atoms with E-state index in [0.29, 0.717) is 12.8 Å². The first-order valence-electron chi connectivity index (χ1n) is 5.86. The summed E-state index contributed by atoms with van der Waals surface area (Å²) < 4.78 is 15.2. The molecule has 0 heterocycles. The van der Waals surface area contributed by atoms with Crippen LogP contribution in [0.5, 0.6) is 0 Å². The van der Waals surface area contributed by atoms with E-state index in [1.165, 1.54) is 20.8 Å². The van der Waals surface area contributed by atoms with E-state index < -0.39 is 5.97 Å². The fraction of sp³-hybridized carbons (Fsp3) is 0.750. The van der Waals surface area contributed by atoms with Crippen molar-refractivity contribution < 1.29 is 28.6 Å². The monoisotopic (exact) mass is 258 g/mol. The highest BCUT2D eigenvalue weighted by Crippen LogP contribution is 2.31. The lowest BCUT2D eigenvalue weighted by atomic mass is 10.1. The number of esters is 3. The number of hydrogen-bond acceptors (Lipinski definition) is 6. The van der Waals surface area contributed by atoms with Crippen LogP contribution in [-0.4, -0.2) is 36.7 Å². The van der Waals surface area contributed by atoms with Crippen molar-refractivity contribution in [3.63, 3.8) is 0 Å². The summed E-state index contributed by atoms with van der Waals surface area (Å²) in [5, 5.41) is 0. The van der Waals surface area contributed by atoms with Crippen LogP contribution in [0.15, 0.2) is 0 Å². The van der Waals surface area contributed by atoms with Gasteiger partial charge in [-0.25, -0.2) is 0 Å². The first-order chi connectivity index (χ1) is 8.38. The molecule has 18 heavy (non-hydrogen) atoms. The van der Waals surface area contributed by atoms with Crippen LogP contribution < -0.4 is 0 Å². The van der Waals surface area contributed by atoms with Gasteiger partial charge >= 0.3 is 17.9 Å². The Kier molecular flexibility index (Phi) is 5.12. The summed E-state index contributed by atoms with van der Waals surface area (Å²) >= 11 is 0. The molecular formula is C12H18O6. The van der Waals surface area contributed by atoms with Gasteiger partial charge in [0.1, 0.15) is 12.2 Å². The van der Waals surface area contributed by atoms with Crippen molar-refractivity contribution in [1.29, 1.82) is 0 Å². The van der Waals surface area contributed by atoms with Crippen LogP contribution in [0.3, 0.4) is 0 Å². The van der Waals surface area contributed by atoms with Gasteiger partial charge in [-0.2, -0.15) is 0 Å². The smallest absolute Gasteiger partial charge is 0.302 e. The molecule has 1 aliphatic carbocycles. The van der Waals surface area contributed by atoms with Crippen LogP contribution in [0, 0.1) is 5.92 Å². The second kappa shape index (κ2) is 6.37. The molecule has 1 aliphatic rings. The summed E-state index contributed by atoms with van der Waals surface area (Å²) in [6.45, 7) is 4.15. The predicted molar refractivity (Wildman–Crippen MR) is 60.5 cm³/mol. The van der Waals surface area contributed by atoms with Gasteiger partial charge in [-0.3, -0.25) is 14.4 Å². The van der Waals surface area contributed by atoms with Gasteiger partial charge in [-0.1, -0.05) is 0 Å². The SMILES string of the molecule is CC(=O)OC[C@H]1CC(OC(C)=O)C[C@@H]1OC(C)=O. The molecule has 0 N–H and O–H groups in total. The zero-order valence-corrected chi connectivity index (χ0v) is 10.8. The summed E-state index contributed by atoms with van der Waals surface area (Å²) in [6, 6.07) is 0. The van der Waals surface area contributed by atoms with Gasteiger partial charge in [0.2, 0.25) is 0 Å². The Labute approximate surface area is 106 Å². The van der Waals surface area contributed by atoms with Crippen molar-refractivity contribution in [2.24, 2.45) is 5.92 Å². The van der Waals surface area contributed by atoms with E-state index in [1.54, 1.807) is 0 Å². The molecule has 0 spiro atoms. The van der Waals surface area contributed by atoms with Crippen molar-refractivity contribution in [1.82, 2.24) is 0 Å². The number of rotatable bonds is 4. The van der Waals surface area contributed by atoms with Crippen LogP contribution in [0.25, 0.3) is 0 Å². The number of hydrogen-bond donors (Lipinski definition) is 0. The van der Waals surface area contributed by atoms with Crippen LogP contribution in [0.2, 0.25) is 0 Å². The highest BCUT2D eigenvalue weighted by atomic mass is 16.6. The molecule has 1 rings (SSSR count). The molecule has 0 aromatic rings. The Balaban J connectivity index is 2.56. The quantitative estimate of drug-likeness (QED) is 0.548. The van der Waals surface area contributed by atoms with E-state index >= 15 is 0 Å². The minimum Gasteiger partial charge on any atom is -0.465 e. The Hall–Kier alpha value is -1.59. The molecule has 3 atom stereocenters. The zero-order valence-electron chi connectivity index (χ0n) is 10.8. The topological polar surface area (TPSA) is 78.9 Å². The van der Waals surface area contributed by atoms with Gasteiger partial charge in [0, 0.05) is 33.1 Å². The van der Waals surface area contributed by atoms with E-state index in [2.05, 4.69) is 0 Å². The molecule has 0 aromatic heterocycles. The molecule has 102 valence electrons. The summed E-state index contributed by atoms with van der Waals surface area (Å²) in [5.74, 6) is -1.26. The van der Waals surface area contributed by atoms with Crippen LogP contribution in [0.4, 0.5) is 0 Å². The van der Waals surface area contributed by atoms with Gasteiger partial charge in [-0.15, -0.1) is 0 Å². The van der Waals surface area contributed by atoms with E-state index in [4.69, 9.17) is 14.2 Å². The maximum Gasteiger partial charge on any atom is 0.302 e. The first kappa shape index (κ1) is 14.5. The summed E-state index contributed by atoms with van der Waals surface area (Å²) in [6.07, 6.45) is 0.328. The van der Waals surface area contributed by atoms with Crippen LogP contribution in [0.1, 0.15) is 33.6 Å². The second-order valence-electron chi connectivity index (χ2n) is 4.41. The summed E-state index contributed by atoms with van der Waals surface area (Å²) in [5.41, 5.74) is 0. The van der Waals surface area contributed by atoms with Gasteiger partial charge < -0.3 is 14.2 Å². The lowest BCUT2D eigenvalue weighted by Crippen LogP contribution is -2.25. The van der Waals surface area contributed by atoms with Gasteiger partial charge in [0.25, 0.3) is 0 Å². The molecule has 1 saturated carbocycles. The highest BCUT2D eigenvalue weighted by molar-refractivity contribution is 5.67. The summed E-state index contributed by atoms with van der Waals surface area (Å²) in [4.78, 5) is 32.6. The third-order valence-electron chi connectivity index (χ3n) is 2.74. The Morgan fingerprint density at radius 3 is 2.06 bits per heavy atom. The molecule has 0 saturated heterocycles. The molecular weight excluding hydrogens is 240 g/mol. The first-order valence-corrected chi connectivity index (χ1v) is 5.86. The fourth-order valence-corrected chi connectivity index (χ4v) is 2.13. The predicted octanol–water partition coefficient (Wildman–Crippen LogP) is 0.823. The molecule has 1 fully saturated rings. The molecule has 0 bridgehead atoms. The lowest BCUT2D eigenvalue weighted by molar-refractivity contribution is -0.151. The maximum atomic E-state index is 11.0. The summed E-state index contributed by atoms with van der Waals surface area (Å²) in [7, 11) is 0. The van der Waals surface area contributed by atoms with Gasteiger partial charge in [-0.05, 0) is 6.42 Å². The normalized spacial score (nSPS) is 26.5. The van der Waals surface area contributed by atoms with Crippen molar-refractivity contribution in [2.75, 3.05) is 6.61 Å². The molecule has 0 aromatic carbocycles. The maximum absolute atomic E-state index is 11.0. The Bertz CT molecular complexity index is 337. The standard InChI is InChI=1S/C12H18O6/c1-7(13)16-6-10-4-11(17-8(2)14)5-12(10)18-9(3)15/h10-12H,4-6H2,1-3H3/t10-,11?,12+/m1/s1. The van der Waals surface area contributed by atoms with Gasteiger partial charge in [0.15, 0.2) is 0 Å². The number of carbonyl (C=O) groups excluding carboxylic acids is 3. The van der Waals surface area contributed by atoms with Gasteiger partial charge in [0.05, 0.1) is 6.61 Å². The molecule has 0 amide bonds. The number of carbonyl (C=O) groups is 3. The average molecular weight is 258 g/mol. The van der Waals surface area contributed by atoms with Crippen LogP contribution in [-0.2, 0) is 28.6 Å². The Morgan fingerprint density at radius 1 is 0.944 bits per heavy atom. The molecule has 6 heteroatoms. The lowest BCUT2D eigenvalue weighted by Gasteiger charge is -2.18. The minimum atomic E-state index is -0.392. The van der Waals surface area contributed by atoms with E-state index in [-0.39, 0.29) is 36.7 Å². The third-order valence-corrected chi connectivity index (χ3v) is 2.74. The zero-order chi connectivity index (χ0) is 13.7.